The lowest BCUT2D eigenvalue weighted by molar-refractivity contribution is -0.0547. The molecule has 0 saturated carbocycles. The van der Waals surface area contributed by atoms with Gasteiger partial charge >= 0.3 is 0 Å². The maximum Gasteiger partial charge on any atom is 0.0999 e. The minimum absolute atomic E-state index is 0.00396. The third kappa shape index (κ3) is 4.43. The summed E-state index contributed by atoms with van der Waals surface area (Å²) < 4.78 is 5.53. The summed E-state index contributed by atoms with van der Waals surface area (Å²) in [5.74, 6) is 0.0977. The van der Waals surface area contributed by atoms with E-state index >= 15 is 0 Å². The largest absolute Gasteiger partial charge is 0.384 e. The van der Waals surface area contributed by atoms with Crippen LogP contribution in [0.2, 0.25) is 0 Å². The molecule has 1 fully saturated rings. The maximum absolute atomic E-state index is 12.1. The van der Waals surface area contributed by atoms with E-state index in [0.29, 0.717) is 0 Å². The molecular formula is C24H33NO2. The van der Waals surface area contributed by atoms with Crippen molar-refractivity contribution in [1.29, 1.82) is 0 Å². The molecule has 0 aromatic heterocycles. The zero-order chi connectivity index (χ0) is 19.3. The summed E-state index contributed by atoms with van der Waals surface area (Å²) in [6, 6.07) is 19.0. The Balaban J connectivity index is 2.01. The quantitative estimate of drug-likeness (QED) is 0.796. The van der Waals surface area contributed by atoms with Crippen molar-refractivity contribution in [3.63, 3.8) is 0 Å². The molecule has 0 radical (unpaired) electrons. The van der Waals surface area contributed by atoms with Crippen molar-refractivity contribution < 1.29 is 9.84 Å². The fraction of sp³-hybridized carbons (Fsp3) is 0.500. The highest BCUT2D eigenvalue weighted by molar-refractivity contribution is 5.34. The van der Waals surface area contributed by atoms with Gasteiger partial charge in [0.1, 0.15) is 0 Å². The Labute approximate surface area is 164 Å². The Morgan fingerprint density at radius 3 is 2.19 bits per heavy atom. The first kappa shape index (κ1) is 20.1. The zero-order valence-corrected chi connectivity index (χ0v) is 16.9. The molecule has 3 nitrogen and oxygen atoms in total. The Bertz CT molecular complexity index is 692. The fourth-order valence-electron chi connectivity index (χ4n) is 4.17. The van der Waals surface area contributed by atoms with Crippen LogP contribution in [0.4, 0.5) is 0 Å². The van der Waals surface area contributed by atoms with E-state index in [1.165, 1.54) is 11.1 Å². The molecule has 2 aromatic carbocycles. The number of hydrogen-bond donors (Lipinski definition) is 1. The van der Waals surface area contributed by atoms with Crippen molar-refractivity contribution >= 4 is 0 Å². The molecule has 27 heavy (non-hydrogen) atoms. The number of ether oxygens (including phenoxy) is 1. The molecule has 0 bridgehead atoms. The normalized spacial score (nSPS) is 19.0. The van der Waals surface area contributed by atoms with Crippen molar-refractivity contribution in [3.05, 3.63) is 71.3 Å². The lowest BCUT2D eigenvalue weighted by atomic mass is 9.70. The predicted molar refractivity (Wildman–Crippen MR) is 111 cm³/mol. The lowest BCUT2D eigenvalue weighted by Gasteiger charge is -2.43. The number of aryl methyl sites for hydroxylation is 1. The van der Waals surface area contributed by atoms with E-state index < -0.39 is 5.60 Å². The molecule has 1 heterocycles. The van der Waals surface area contributed by atoms with Gasteiger partial charge in [-0.05, 0) is 29.0 Å². The Morgan fingerprint density at radius 2 is 1.63 bits per heavy atom. The first-order chi connectivity index (χ1) is 13.1. The summed E-state index contributed by atoms with van der Waals surface area (Å²) in [4.78, 5) is 2.43. The smallest absolute Gasteiger partial charge is 0.0999 e. The van der Waals surface area contributed by atoms with Crippen molar-refractivity contribution in [1.82, 2.24) is 4.90 Å². The fourth-order valence-corrected chi connectivity index (χ4v) is 4.17. The molecule has 0 aliphatic carbocycles. The van der Waals surface area contributed by atoms with Gasteiger partial charge in [-0.3, -0.25) is 4.90 Å². The van der Waals surface area contributed by atoms with E-state index in [2.05, 4.69) is 74.2 Å². The van der Waals surface area contributed by atoms with Gasteiger partial charge in [0.15, 0.2) is 0 Å². The van der Waals surface area contributed by atoms with Gasteiger partial charge < -0.3 is 9.84 Å². The van der Waals surface area contributed by atoms with Gasteiger partial charge in [-0.25, -0.2) is 0 Å². The molecule has 3 heteroatoms. The van der Waals surface area contributed by atoms with Crippen LogP contribution in [-0.2, 0) is 16.8 Å². The van der Waals surface area contributed by atoms with Crippen molar-refractivity contribution in [2.24, 2.45) is 5.92 Å². The van der Waals surface area contributed by atoms with Crippen LogP contribution in [0, 0.1) is 5.92 Å². The van der Waals surface area contributed by atoms with Crippen LogP contribution >= 0.6 is 0 Å². The van der Waals surface area contributed by atoms with Gasteiger partial charge in [0, 0.05) is 25.6 Å². The van der Waals surface area contributed by atoms with Crippen LogP contribution in [0.3, 0.4) is 0 Å². The third-order valence-electron chi connectivity index (χ3n) is 5.98. The van der Waals surface area contributed by atoms with Crippen molar-refractivity contribution in [2.45, 2.75) is 38.7 Å². The standard InChI is InChI=1S/C24H33NO2/c1-4-20-10-12-22(13-11-20)24(26,19(2)3)23(21-8-6-5-7-9-21)18-25-14-16-27-17-15-25/h5-13,19,23,26H,4,14-18H2,1-3H3/t23-,24-/m0/s1. The Morgan fingerprint density at radius 1 is 1.00 bits per heavy atom. The van der Waals surface area contributed by atoms with E-state index in [-0.39, 0.29) is 11.8 Å². The first-order valence-corrected chi connectivity index (χ1v) is 10.2. The molecule has 1 N–H and O–H groups in total. The van der Waals surface area contributed by atoms with E-state index in [0.717, 1.165) is 44.8 Å². The predicted octanol–water partition coefficient (Wildman–Crippen LogP) is 4.21. The second-order valence-electron chi connectivity index (χ2n) is 7.91. The summed E-state index contributed by atoms with van der Waals surface area (Å²) >= 11 is 0. The van der Waals surface area contributed by atoms with Gasteiger partial charge in [0.2, 0.25) is 0 Å². The number of hydrogen-bond acceptors (Lipinski definition) is 3. The van der Waals surface area contributed by atoms with Gasteiger partial charge in [-0.2, -0.15) is 0 Å². The molecule has 0 spiro atoms. The summed E-state index contributed by atoms with van der Waals surface area (Å²) in [6.07, 6.45) is 1.01. The van der Waals surface area contributed by atoms with Crippen LogP contribution in [0.5, 0.6) is 0 Å². The van der Waals surface area contributed by atoms with Gasteiger partial charge in [-0.1, -0.05) is 75.4 Å². The third-order valence-corrected chi connectivity index (χ3v) is 5.98. The molecule has 146 valence electrons. The van der Waals surface area contributed by atoms with Crippen LogP contribution in [0.15, 0.2) is 54.6 Å². The van der Waals surface area contributed by atoms with Crippen LogP contribution in [-0.4, -0.2) is 42.9 Å². The highest BCUT2D eigenvalue weighted by atomic mass is 16.5. The lowest BCUT2D eigenvalue weighted by Crippen LogP contribution is -2.47. The number of aliphatic hydroxyl groups is 1. The Hall–Kier alpha value is -1.68. The molecular weight excluding hydrogens is 334 g/mol. The van der Waals surface area contributed by atoms with Gasteiger partial charge in [0.05, 0.1) is 18.8 Å². The van der Waals surface area contributed by atoms with E-state index in [1.54, 1.807) is 0 Å². The maximum atomic E-state index is 12.1. The summed E-state index contributed by atoms with van der Waals surface area (Å²) in [5, 5.41) is 12.1. The minimum Gasteiger partial charge on any atom is -0.384 e. The molecule has 1 saturated heterocycles. The van der Waals surface area contributed by atoms with Crippen LogP contribution in [0.1, 0.15) is 43.4 Å². The van der Waals surface area contributed by atoms with Crippen LogP contribution in [0.25, 0.3) is 0 Å². The summed E-state index contributed by atoms with van der Waals surface area (Å²) in [5.41, 5.74) is 2.58. The van der Waals surface area contributed by atoms with E-state index in [9.17, 15) is 5.11 Å². The highest BCUT2D eigenvalue weighted by Crippen LogP contribution is 2.43. The average molecular weight is 368 g/mol. The second kappa shape index (κ2) is 9.01. The Kier molecular flexibility index (Phi) is 6.69. The van der Waals surface area contributed by atoms with E-state index in [1.807, 2.05) is 6.07 Å². The number of morpholine rings is 1. The molecule has 0 unspecified atom stereocenters. The average Bonchev–Trinajstić information content (AvgIpc) is 2.73. The molecule has 3 rings (SSSR count). The SMILES string of the molecule is CCc1ccc([C@@](O)(C(C)C)[C@@H](CN2CCOCC2)c2ccccc2)cc1. The van der Waals surface area contributed by atoms with Gasteiger partial charge in [0.25, 0.3) is 0 Å². The minimum atomic E-state index is -0.925. The van der Waals surface area contributed by atoms with Crippen LogP contribution < -0.4 is 0 Å². The molecule has 1 aliphatic rings. The highest BCUT2D eigenvalue weighted by Gasteiger charge is 2.43. The molecule has 0 amide bonds. The van der Waals surface area contributed by atoms with E-state index in [4.69, 9.17) is 4.74 Å². The molecule has 2 aromatic rings. The van der Waals surface area contributed by atoms with Crippen molar-refractivity contribution in [3.8, 4) is 0 Å². The number of benzene rings is 2. The number of nitrogens with zero attached hydrogens (tertiary/aromatic N) is 1. The first-order valence-electron chi connectivity index (χ1n) is 10.2. The molecule has 1 aliphatic heterocycles. The summed E-state index contributed by atoms with van der Waals surface area (Å²) in [6.45, 7) is 10.6. The number of rotatable bonds is 7. The zero-order valence-electron chi connectivity index (χ0n) is 16.9. The second-order valence-corrected chi connectivity index (χ2v) is 7.91. The topological polar surface area (TPSA) is 32.7 Å². The summed E-state index contributed by atoms with van der Waals surface area (Å²) in [7, 11) is 0. The van der Waals surface area contributed by atoms with Gasteiger partial charge in [-0.15, -0.1) is 0 Å². The van der Waals surface area contributed by atoms with Crippen molar-refractivity contribution in [2.75, 3.05) is 32.8 Å². The molecule has 2 atom stereocenters. The monoisotopic (exact) mass is 367 g/mol.